The zero-order chi connectivity index (χ0) is 22.8. The molecule has 0 amide bonds. The molecule has 0 saturated carbocycles. The fraction of sp³-hybridized carbons (Fsp3) is 0.231. The Labute approximate surface area is 189 Å². The second-order valence-electron chi connectivity index (χ2n) is 8.82. The Bertz CT molecular complexity index is 1170. The minimum atomic E-state index is -2.68. The van der Waals surface area contributed by atoms with E-state index in [4.69, 9.17) is 9.16 Å². The van der Waals surface area contributed by atoms with Crippen LogP contribution in [0.5, 0.6) is 0 Å². The van der Waals surface area contributed by atoms with E-state index in [2.05, 4.69) is 74.3 Å². The van der Waals surface area contributed by atoms with Crippen molar-refractivity contribution in [1.29, 1.82) is 0 Å². The van der Waals surface area contributed by atoms with Crippen LogP contribution in [0.3, 0.4) is 0 Å². The molecule has 0 saturated heterocycles. The fourth-order valence-electron chi connectivity index (χ4n) is 4.39. The molecule has 0 N–H and O–H groups in total. The van der Waals surface area contributed by atoms with Gasteiger partial charge < -0.3 is 13.7 Å². The van der Waals surface area contributed by atoms with Crippen LogP contribution in [0.4, 0.5) is 0 Å². The Morgan fingerprint density at radius 3 is 2.03 bits per heavy atom. The van der Waals surface area contributed by atoms with Crippen molar-refractivity contribution in [2.45, 2.75) is 32.5 Å². The van der Waals surface area contributed by atoms with Crippen molar-refractivity contribution in [2.75, 3.05) is 7.11 Å². The summed E-state index contributed by atoms with van der Waals surface area (Å²) < 4.78 is 13.9. The monoisotopic (exact) mass is 444 g/mol. The van der Waals surface area contributed by atoms with Gasteiger partial charge in [-0.25, -0.2) is 9.78 Å². The lowest BCUT2D eigenvalue weighted by molar-refractivity contribution is 0.0602. The average molecular weight is 445 g/mol. The van der Waals surface area contributed by atoms with Gasteiger partial charge in [0.15, 0.2) is 0 Å². The number of methoxy groups -OCH3 is 1. The Kier molecular flexibility index (Phi) is 6.00. The number of hydrogen-bond acceptors (Lipinski definition) is 4. The van der Waals surface area contributed by atoms with E-state index in [1.54, 1.807) is 12.4 Å². The third-order valence-corrected chi connectivity index (χ3v) is 10.9. The van der Waals surface area contributed by atoms with Gasteiger partial charge in [-0.2, -0.15) is 0 Å². The summed E-state index contributed by atoms with van der Waals surface area (Å²) in [6.07, 6.45) is 1.73. The zero-order valence-corrected chi connectivity index (χ0v) is 19.9. The minimum absolute atomic E-state index is 0.122. The topological polar surface area (TPSA) is 53.3 Å². The molecule has 1 aromatic heterocycles. The van der Waals surface area contributed by atoms with Crippen molar-refractivity contribution in [3.8, 4) is 0 Å². The molecule has 0 fully saturated rings. The Morgan fingerprint density at radius 2 is 1.50 bits per heavy atom. The fourth-order valence-corrected chi connectivity index (χ4v) is 8.88. The van der Waals surface area contributed by atoms with Crippen molar-refractivity contribution in [1.82, 2.24) is 9.55 Å². The molecule has 4 aromatic rings. The Hall–Kier alpha value is -3.22. The normalized spacial score (nSPS) is 12.1. The number of imidazole rings is 1. The van der Waals surface area contributed by atoms with Gasteiger partial charge in [0.05, 0.1) is 24.5 Å². The number of esters is 1. The van der Waals surface area contributed by atoms with E-state index in [1.807, 2.05) is 28.8 Å². The maximum absolute atomic E-state index is 12.2. The summed E-state index contributed by atoms with van der Waals surface area (Å²) >= 11 is 0. The number of hydrogen-bond donors (Lipinski definition) is 0. The molecule has 1 heterocycles. The van der Waals surface area contributed by atoms with Gasteiger partial charge in [0, 0.05) is 0 Å². The number of ether oxygens (including phenoxy) is 1. The van der Waals surface area contributed by atoms with E-state index >= 15 is 0 Å². The SMILES string of the molecule is COC(=O)c1cccc2c1ncn2CO[Si](c1ccccc1)(c1ccccc1)C(C)(C)C. The van der Waals surface area contributed by atoms with Gasteiger partial charge in [-0.1, -0.05) is 87.5 Å². The highest BCUT2D eigenvalue weighted by molar-refractivity contribution is 6.99. The molecule has 4 rings (SSSR count). The first kappa shape index (κ1) is 22.0. The van der Waals surface area contributed by atoms with Crippen LogP contribution < -0.4 is 10.4 Å². The number of rotatable bonds is 6. The van der Waals surface area contributed by atoms with Crippen LogP contribution in [0, 0.1) is 0 Å². The molecule has 0 aliphatic carbocycles. The molecule has 0 unspecified atom stereocenters. The van der Waals surface area contributed by atoms with Crippen molar-refractivity contribution in [3.05, 3.63) is 90.8 Å². The molecule has 6 heteroatoms. The van der Waals surface area contributed by atoms with Crippen LogP contribution in [-0.4, -0.2) is 30.9 Å². The van der Waals surface area contributed by atoms with Gasteiger partial charge in [0.1, 0.15) is 12.2 Å². The van der Waals surface area contributed by atoms with Crippen molar-refractivity contribution >= 4 is 35.7 Å². The van der Waals surface area contributed by atoms with E-state index in [0.717, 1.165) is 5.52 Å². The molecule has 0 aliphatic rings. The van der Waals surface area contributed by atoms with Crippen LogP contribution in [-0.2, 0) is 15.9 Å². The molecule has 3 aromatic carbocycles. The molecule has 0 bridgehead atoms. The van der Waals surface area contributed by atoms with Crippen LogP contribution in [0.1, 0.15) is 31.1 Å². The molecule has 164 valence electrons. The van der Waals surface area contributed by atoms with E-state index in [9.17, 15) is 4.79 Å². The quantitative estimate of drug-likeness (QED) is 0.328. The van der Waals surface area contributed by atoms with E-state index in [1.165, 1.54) is 17.5 Å². The van der Waals surface area contributed by atoms with Crippen LogP contribution in [0.2, 0.25) is 5.04 Å². The first-order valence-corrected chi connectivity index (χ1v) is 12.6. The second-order valence-corrected chi connectivity index (χ2v) is 13.1. The summed E-state index contributed by atoms with van der Waals surface area (Å²) in [6.45, 7) is 7.08. The molecule has 32 heavy (non-hydrogen) atoms. The van der Waals surface area contributed by atoms with Crippen molar-refractivity contribution in [3.63, 3.8) is 0 Å². The Morgan fingerprint density at radius 1 is 0.906 bits per heavy atom. The summed E-state index contributed by atoms with van der Waals surface area (Å²) in [7, 11) is -1.30. The van der Waals surface area contributed by atoms with E-state index in [-0.39, 0.29) is 5.04 Å². The second kappa shape index (κ2) is 8.73. The van der Waals surface area contributed by atoms with Crippen LogP contribution in [0.15, 0.2) is 85.2 Å². The summed E-state index contributed by atoms with van der Waals surface area (Å²) in [4.78, 5) is 16.7. The van der Waals surface area contributed by atoms with Gasteiger partial charge in [0.2, 0.25) is 0 Å². The third kappa shape index (κ3) is 3.76. The molecule has 0 atom stereocenters. The first-order chi connectivity index (χ1) is 15.4. The average Bonchev–Trinajstić information content (AvgIpc) is 3.23. The standard InChI is InChI=1S/C26H28N2O3Si/c1-26(2,3)32(20-12-7-5-8-13-20,21-14-9-6-10-15-21)31-19-28-18-27-24-22(25(29)30-4)16-11-17-23(24)28/h5-18H,19H2,1-4H3. The lowest BCUT2D eigenvalue weighted by Gasteiger charge is -2.43. The first-order valence-electron chi connectivity index (χ1n) is 10.7. The summed E-state index contributed by atoms with van der Waals surface area (Å²) in [5, 5.41) is 2.32. The number of nitrogens with zero attached hydrogens (tertiary/aromatic N) is 2. The molecular formula is C26H28N2O3Si. The lowest BCUT2D eigenvalue weighted by atomic mass is 10.2. The minimum Gasteiger partial charge on any atom is -0.465 e. The molecule has 0 aliphatic heterocycles. The smallest absolute Gasteiger partial charge is 0.340 e. The van der Waals surface area contributed by atoms with E-state index < -0.39 is 14.3 Å². The molecule has 0 radical (unpaired) electrons. The number of carbonyl (C=O) groups excluding carboxylic acids is 1. The number of fused-ring (bicyclic) bond motifs is 1. The van der Waals surface area contributed by atoms with Crippen molar-refractivity contribution in [2.24, 2.45) is 0 Å². The number of benzene rings is 3. The van der Waals surface area contributed by atoms with Gasteiger partial charge >= 0.3 is 5.97 Å². The van der Waals surface area contributed by atoms with Gasteiger partial charge in [-0.3, -0.25) is 0 Å². The van der Waals surface area contributed by atoms with E-state index in [0.29, 0.717) is 17.8 Å². The number of carbonyl (C=O) groups is 1. The summed E-state index contributed by atoms with van der Waals surface area (Å²) in [5.74, 6) is -0.395. The zero-order valence-electron chi connectivity index (χ0n) is 18.9. The maximum Gasteiger partial charge on any atom is 0.340 e. The van der Waals surface area contributed by atoms with Crippen LogP contribution in [0.25, 0.3) is 11.0 Å². The lowest BCUT2D eigenvalue weighted by Crippen LogP contribution is -2.66. The number of para-hydroxylation sites is 1. The molecular weight excluding hydrogens is 416 g/mol. The predicted octanol–water partition coefficient (Wildman–Crippen LogP) is 4.36. The highest BCUT2D eigenvalue weighted by Gasteiger charge is 2.50. The van der Waals surface area contributed by atoms with Crippen LogP contribution >= 0.6 is 0 Å². The third-order valence-electron chi connectivity index (χ3n) is 5.89. The summed E-state index contributed by atoms with van der Waals surface area (Å²) in [5.41, 5.74) is 1.91. The highest BCUT2D eigenvalue weighted by Crippen LogP contribution is 2.37. The van der Waals surface area contributed by atoms with Gasteiger partial charge in [-0.05, 0) is 27.5 Å². The molecule has 5 nitrogen and oxygen atoms in total. The van der Waals surface area contributed by atoms with Gasteiger partial charge in [0.25, 0.3) is 8.32 Å². The predicted molar refractivity (Wildman–Crippen MR) is 130 cm³/mol. The maximum atomic E-state index is 12.2. The molecule has 0 spiro atoms. The van der Waals surface area contributed by atoms with Crippen molar-refractivity contribution < 1.29 is 14.0 Å². The Balaban J connectivity index is 1.81. The largest absolute Gasteiger partial charge is 0.465 e. The van der Waals surface area contributed by atoms with Gasteiger partial charge in [-0.15, -0.1) is 0 Å². The summed E-state index contributed by atoms with van der Waals surface area (Å²) in [6, 6.07) is 26.6. The highest BCUT2D eigenvalue weighted by atomic mass is 28.4. The number of aromatic nitrogens is 2.